The molecule has 0 aliphatic rings. The summed E-state index contributed by atoms with van der Waals surface area (Å²) >= 11 is 0. The summed E-state index contributed by atoms with van der Waals surface area (Å²) in [6.45, 7) is -0.122. The molecule has 0 heterocycles. The van der Waals surface area contributed by atoms with Crippen LogP contribution in [0.3, 0.4) is 0 Å². The van der Waals surface area contributed by atoms with Crippen molar-refractivity contribution in [3.8, 4) is 17.2 Å². The van der Waals surface area contributed by atoms with Crippen LogP contribution in [0.25, 0.3) is 0 Å². The maximum atomic E-state index is 12.7. The van der Waals surface area contributed by atoms with Gasteiger partial charge in [-0.05, 0) is 30.3 Å². The highest BCUT2D eigenvalue weighted by Crippen LogP contribution is 2.26. The second-order valence-electron chi connectivity index (χ2n) is 5.55. The van der Waals surface area contributed by atoms with E-state index in [9.17, 15) is 9.59 Å². The lowest BCUT2D eigenvalue weighted by molar-refractivity contribution is -0.139. The van der Waals surface area contributed by atoms with Crippen LogP contribution in [0, 0.1) is 0 Å². The van der Waals surface area contributed by atoms with Crippen LogP contribution in [0.1, 0.15) is 15.9 Å². The van der Waals surface area contributed by atoms with Gasteiger partial charge in [0.15, 0.2) is 6.61 Å². The van der Waals surface area contributed by atoms with Gasteiger partial charge in [-0.15, -0.1) is 0 Å². The first-order chi connectivity index (χ1) is 12.4. The lowest BCUT2D eigenvalue weighted by Gasteiger charge is -2.19. The zero-order valence-electron chi connectivity index (χ0n) is 14.9. The second-order valence-corrected chi connectivity index (χ2v) is 5.55. The van der Waals surface area contributed by atoms with Crippen LogP contribution in [-0.2, 0) is 11.3 Å². The molecule has 0 bridgehead atoms. The van der Waals surface area contributed by atoms with Gasteiger partial charge in [0.05, 0.1) is 14.2 Å². The Bertz CT molecular complexity index is 789. The van der Waals surface area contributed by atoms with E-state index in [1.807, 2.05) is 6.07 Å². The van der Waals surface area contributed by atoms with E-state index in [1.165, 1.54) is 6.07 Å². The number of amides is 1. The predicted octanol–water partition coefficient (Wildman–Crippen LogP) is 2.44. The summed E-state index contributed by atoms with van der Waals surface area (Å²) in [5.74, 6) is 0.327. The molecular formula is C19H21NO6. The Labute approximate surface area is 151 Å². The molecule has 26 heavy (non-hydrogen) atoms. The Hall–Kier alpha value is -3.22. The van der Waals surface area contributed by atoms with Crippen molar-refractivity contribution in [1.82, 2.24) is 4.90 Å². The van der Waals surface area contributed by atoms with E-state index in [-0.39, 0.29) is 5.91 Å². The number of carbonyl (C=O) groups is 2. The molecule has 0 aromatic heterocycles. The molecule has 0 unspecified atom stereocenters. The summed E-state index contributed by atoms with van der Waals surface area (Å²) in [5.41, 5.74) is 1.24. The third kappa shape index (κ3) is 4.89. The molecule has 0 saturated carbocycles. The van der Waals surface area contributed by atoms with E-state index in [1.54, 1.807) is 56.5 Å². The molecule has 7 nitrogen and oxygen atoms in total. The molecule has 2 rings (SSSR count). The molecule has 2 aromatic rings. The average molecular weight is 359 g/mol. The number of methoxy groups -OCH3 is 2. The van der Waals surface area contributed by atoms with Gasteiger partial charge in [-0.2, -0.15) is 0 Å². The number of rotatable bonds is 8. The van der Waals surface area contributed by atoms with Crippen molar-refractivity contribution in [3.05, 3.63) is 53.6 Å². The van der Waals surface area contributed by atoms with Crippen LogP contribution < -0.4 is 14.2 Å². The van der Waals surface area contributed by atoms with Gasteiger partial charge in [0.25, 0.3) is 5.91 Å². The molecule has 2 aromatic carbocycles. The number of hydrogen-bond acceptors (Lipinski definition) is 5. The first kappa shape index (κ1) is 19.1. The molecule has 0 radical (unpaired) electrons. The maximum Gasteiger partial charge on any atom is 0.341 e. The minimum Gasteiger partial charge on any atom is -0.497 e. The summed E-state index contributed by atoms with van der Waals surface area (Å²) in [6.07, 6.45) is 0. The van der Waals surface area contributed by atoms with Crippen molar-refractivity contribution in [1.29, 1.82) is 0 Å². The number of benzene rings is 2. The fraction of sp³-hybridized carbons (Fsp3) is 0.263. The Morgan fingerprint density at radius 2 is 1.81 bits per heavy atom. The summed E-state index contributed by atoms with van der Waals surface area (Å²) in [4.78, 5) is 24.8. The number of carboxylic acid groups (broad SMARTS) is 1. The van der Waals surface area contributed by atoms with E-state index < -0.39 is 12.6 Å². The standard InChI is InChI=1S/C19H21NO6/c1-20(11-14-7-8-15(24-2)10-17(14)25-3)19(23)13-5-4-6-16(9-13)26-12-18(21)22/h4-10H,11-12H2,1-3H3,(H,21,22). The van der Waals surface area contributed by atoms with Crippen molar-refractivity contribution in [2.24, 2.45) is 0 Å². The van der Waals surface area contributed by atoms with Crippen LogP contribution in [0.2, 0.25) is 0 Å². The molecule has 0 saturated heterocycles. The van der Waals surface area contributed by atoms with Crippen LogP contribution >= 0.6 is 0 Å². The molecule has 0 aliphatic heterocycles. The number of nitrogens with zero attached hydrogens (tertiary/aromatic N) is 1. The van der Waals surface area contributed by atoms with Crippen molar-refractivity contribution >= 4 is 11.9 Å². The highest BCUT2D eigenvalue weighted by Gasteiger charge is 2.15. The average Bonchev–Trinajstić information content (AvgIpc) is 2.66. The van der Waals surface area contributed by atoms with Gasteiger partial charge < -0.3 is 24.2 Å². The van der Waals surface area contributed by atoms with E-state index in [0.29, 0.717) is 29.4 Å². The monoisotopic (exact) mass is 359 g/mol. The molecule has 1 amide bonds. The molecule has 1 N–H and O–H groups in total. The number of carboxylic acids is 1. The third-order valence-electron chi connectivity index (χ3n) is 3.69. The van der Waals surface area contributed by atoms with Crippen LogP contribution in [0.4, 0.5) is 0 Å². The number of aliphatic carboxylic acids is 1. The summed E-state index contributed by atoms with van der Waals surface area (Å²) in [5, 5.41) is 8.67. The Morgan fingerprint density at radius 1 is 1.04 bits per heavy atom. The van der Waals surface area contributed by atoms with Gasteiger partial charge in [0.2, 0.25) is 0 Å². The molecule has 0 spiro atoms. The van der Waals surface area contributed by atoms with Crippen molar-refractivity contribution in [3.63, 3.8) is 0 Å². The molecule has 138 valence electrons. The third-order valence-corrected chi connectivity index (χ3v) is 3.69. The van der Waals surface area contributed by atoms with Gasteiger partial charge in [0.1, 0.15) is 17.2 Å². The Morgan fingerprint density at radius 3 is 2.46 bits per heavy atom. The van der Waals surface area contributed by atoms with Crippen LogP contribution in [-0.4, -0.2) is 49.8 Å². The first-order valence-corrected chi connectivity index (χ1v) is 7.85. The molecule has 0 fully saturated rings. The SMILES string of the molecule is COc1ccc(CN(C)C(=O)c2cccc(OCC(=O)O)c2)c(OC)c1. The predicted molar refractivity (Wildman–Crippen MR) is 94.9 cm³/mol. The van der Waals surface area contributed by atoms with E-state index >= 15 is 0 Å². The zero-order valence-corrected chi connectivity index (χ0v) is 14.9. The van der Waals surface area contributed by atoms with Crippen molar-refractivity contribution < 1.29 is 28.9 Å². The highest BCUT2D eigenvalue weighted by molar-refractivity contribution is 5.94. The quantitative estimate of drug-likeness (QED) is 0.779. The molecule has 0 aliphatic carbocycles. The lowest BCUT2D eigenvalue weighted by atomic mass is 10.1. The van der Waals surface area contributed by atoms with Gasteiger partial charge in [-0.1, -0.05) is 6.07 Å². The van der Waals surface area contributed by atoms with E-state index in [2.05, 4.69) is 0 Å². The van der Waals surface area contributed by atoms with Gasteiger partial charge in [0, 0.05) is 30.8 Å². The van der Waals surface area contributed by atoms with Crippen LogP contribution in [0.5, 0.6) is 17.2 Å². The molecular weight excluding hydrogens is 338 g/mol. The van der Waals surface area contributed by atoms with Gasteiger partial charge >= 0.3 is 5.97 Å². The summed E-state index contributed by atoms with van der Waals surface area (Å²) in [7, 11) is 4.81. The van der Waals surface area contributed by atoms with Gasteiger partial charge in [-0.25, -0.2) is 4.79 Å². The minimum absolute atomic E-state index is 0.219. The fourth-order valence-corrected chi connectivity index (χ4v) is 2.39. The fourth-order valence-electron chi connectivity index (χ4n) is 2.39. The Kier molecular flexibility index (Phi) is 6.43. The van der Waals surface area contributed by atoms with Crippen molar-refractivity contribution in [2.75, 3.05) is 27.9 Å². The van der Waals surface area contributed by atoms with E-state index in [0.717, 1.165) is 5.56 Å². The smallest absolute Gasteiger partial charge is 0.341 e. The zero-order chi connectivity index (χ0) is 19.1. The lowest BCUT2D eigenvalue weighted by Crippen LogP contribution is -2.26. The summed E-state index contributed by atoms with van der Waals surface area (Å²) in [6, 6.07) is 11.8. The van der Waals surface area contributed by atoms with Gasteiger partial charge in [-0.3, -0.25) is 4.79 Å². The minimum atomic E-state index is -1.08. The Balaban J connectivity index is 2.12. The van der Waals surface area contributed by atoms with Crippen LogP contribution in [0.15, 0.2) is 42.5 Å². The number of hydrogen-bond donors (Lipinski definition) is 1. The molecule has 7 heteroatoms. The maximum absolute atomic E-state index is 12.7. The highest BCUT2D eigenvalue weighted by atomic mass is 16.5. The number of carbonyl (C=O) groups excluding carboxylic acids is 1. The number of ether oxygens (including phenoxy) is 3. The second kappa shape index (κ2) is 8.75. The van der Waals surface area contributed by atoms with Crippen molar-refractivity contribution in [2.45, 2.75) is 6.54 Å². The summed E-state index contributed by atoms with van der Waals surface area (Å²) < 4.78 is 15.6. The topological polar surface area (TPSA) is 85.3 Å². The molecule has 0 atom stereocenters. The largest absolute Gasteiger partial charge is 0.497 e. The first-order valence-electron chi connectivity index (χ1n) is 7.85. The normalized spacial score (nSPS) is 10.1. The van der Waals surface area contributed by atoms with E-state index in [4.69, 9.17) is 19.3 Å².